The molecule has 4 unspecified atom stereocenters. The van der Waals surface area contributed by atoms with E-state index in [0.717, 1.165) is 0 Å². The zero-order chi connectivity index (χ0) is 74.7. The average Bonchev–Trinajstić information content (AvgIpc) is 0.834. The molecule has 0 aliphatic heterocycles. The molecule has 4 atom stereocenters. The molecule has 0 N–H and O–H groups in total. The van der Waals surface area contributed by atoms with E-state index in [2.05, 4.69) is 9.78 Å². The Kier molecular flexibility index (Phi) is 29.5. The predicted octanol–water partition coefficient (Wildman–Crippen LogP) is 13.5. The number of carbonyl (C=O) groups is 12. The minimum Gasteiger partial charge on any atom is -0.432 e. The summed E-state index contributed by atoms with van der Waals surface area (Å²) in [6.45, 7) is 13.8. The Balaban J connectivity index is 1.41. The lowest BCUT2D eigenvalue weighted by molar-refractivity contribution is -0.212. The van der Waals surface area contributed by atoms with Crippen LogP contribution in [0.2, 0.25) is 0 Å². The van der Waals surface area contributed by atoms with Crippen molar-refractivity contribution in [3.8, 4) is 0 Å². The molecule has 102 heavy (non-hydrogen) atoms. The van der Waals surface area contributed by atoms with Crippen LogP contribution in [0.15, 0.2) is 109 Å². The SMILES string of the molecule is Cc1ccc(C)c(C(=O)OOC(=O)OCCC(COC(=O)OOC(=O)c2cc(C)ccc2C)C(COC(=O)OOC(=O)c2cc(C)ccc2C)C(COC(=O)OOC(=O)c2cc(C)ccc2C)C(CCOC(=O)OOC(=O)c2cc(C)ccc2C)COC(=O)OOC(=O)c2cc(C)ccc2C)c1. The molecule has 0 amide bonds. The number of benzene rings is 6. The second-order valence-corrected chi connectivity index (χ2v) is 23.5. The van der Waals surface area contributed by atoms with Crippen molar-refractivity contribution in [2.75, 3.05) is 39.6 Å². The first kappa shape index (κ1) is 78.8. The van der Waals surface area contributed by atoms with Crippen molar-refractivity contribution in [3.05, 3.63) is 209 Å². The summed E-state index contributed by atoms with van der Waals surface area (Å²) in [5.41, 5.74) is 6.30. The smallest absolute Gasteiger partial charge is 0.432 e. The Hall–Kier alpha value is -12.2. The fraction of sp³-hybridized carbons (Fsp3) is 0.333. The van der Waals surface area contributed by atoms with Gasteiger partial charge >= 0.3 is 72.7 Å². The van der Waals surface area contributed by atoms with E-state index in [1.54, 1.807) is 156 Å². The number of ether oxygens (including phenoxy) is 6. The molecule has 0 saturated carbocycles. The largest absolute Gasteiger partial charge is 0.549 e. The van der Waals surface area contributed by atoms with Gasteiger partial charge in [-0.3, -0.25) is 0 Å². The van der Waals surface area contributed by atoms with Crippen LogP contribution in [0.3, 0.4) is 0 Å². The summed E-state index contributed by atoms with van der Waals surface area (Å²) in [5.74, 6) is -13.3. The highest BCUT2D eigenvalue weighted by molar-refractivity contribution is 5.94. The first-order valence-corrected chi connectivity index (χ1v) is 31.2. The highest BCUT2D eigenvalue weighted by atomic mass is 17.3. The first-order valence-electron chi connectivity index (χ1n) is 31.2. The summed E-state index contributed by atoms with van der Waals surface area (Å²) < 4.78 is 32.7. The number of carbonyl (C=O) groups excluding carboxylic acids is 12. The van der Waals surface area contributed by atoms with E-state index in [4.69, 9.17) is 77.3 Å². The van der Waals surface area contributed by atoms with Gasteiger partial charge in [-0.05, 0) is 166 Å². The third-order valence-electron chi connectivity index (χ3n) is 15.6. The van der Waals surface area contributed by atoms with Crippen LogP contribution in [0.4, 0.5) is 28.8 Å². The van der Waals surface area contributed by atoms with E-state index in [9.17, 15) is 57.5 Å². The van der Waals surface area contributed by atoms with Crippen LogP contribution in [0, 0.1) is 107 Å². The molecule has 0 heterocycles. The van der Waals surface area contributed by atoms with Gasteiger partial charge in [-0.25, -0.2) is 87.4 Å². The molecular weight excluding hydrogens is 1340 g/mol. The molecule has 542 valence electrons. The summed E-state index contributed by atoms with van der Waals surface area (Å²) in [6, 6.07) is 28.5. The molecule has 30 heteroatoms. The number of hydrogen-bond donors (Lipinski definition) is 0. The third-order valence-corrected chi connectivity index (χ3v) is 15.6. The van der Waals surface area contributed by atoms with Crippen LogP contribution in [-0.4, -0.2) is 112 Å². The molecule has 30 nitrogen and oxygen atoms in total. The molecule has 0 spiro atoms. The zero-order valence-corrected chi connectivity index (χ0v) is 57.6. The fourth-order valence-electron chi connectivity index (χ4n) is 9.91. The maximum atomic E-state index is 13.8. The maximum Gasteiger partial charge on any atom is 0.549 e. The van der Waals surface area contributed by atoms with E-state index in [0.29, 0.717) is 66.8 Å². The number of aryl methyl sites for hydroxylation is 12. The highest BCUT2D eigenvalue weighted by Crippen LogP contribution is 2.35. The van der Waals surface area contributed by atoms with Gasteiger partial charge in [-0.1, -0.05) is 106 Å². The van der Waals surface area contributed by atoms with E-state index >= 15 is 0 Å². The second-order valence-electron chi connectivity index (χ2n) is 23.5. The Bertz CT molecular complexity index is 3820. The van der Waals surface area contributed by atoms with Crippen molar-refractivity contribution in [2.24, 2.45) is 23.7 Å². The number of hydrogen-bond acceptors (Lipinski definition) is 30. The van der Waals surface area contributed by atoms with Gasteiger partial charge < -0.3 is 28.4 Å². The topological polar surface area (TPSA) is 371 Å². The lowest BCUT2D eigenvalue weighted by Gasteiger charge is -2.36. The van der Waals surface area contributed by atoms with Gasteiger partial charge in [0.05, 0.1) is 73.0 Å². The van der Waals surface area contributed by atoms with Crippen molar-refractivity contribution in [2.45, 2.75) is 95.9 Å². The van der Waals surface area contributed by atoms with Crippen molar-refractivity contribution >= 4 is 72.7 Å². The van der Waals surface area contributed by atoms with Gasteiger partial charge in [-0.2, -0.15) is 28.8 Å². The molecule has 0 radical (unpaired) electrons. The summed E-state index contributed by atoms with van der Waals surface area (Å²) in [6.07, 6.45) is -11.4. The van der Waals surface area contributed by atoms with Crippen molar-refractivity contribution in [1.29, 1.82) is 0 Å². The average molecular weight is 1420 g/mol. The standard InChI is InChI=1S/C72H74O30/c1-39-13-19-45(7)53(29-39)61(73)91-97-67(79)85-27-25-51(35-87-69(81)99-93-63(75)55-31-41(3)15-21-47(55)9)59(37-89-71(83)101-95-65(77)57-33-43(5)17-23-49(57)11)60(38-90-72(84)102-96-66(78)58-34-44(6)18-24-50(58)12)52(36-88-70(82)100-94-64(76)56-32-42(4)16-22-48(56)10)26-28-86-68(80)98-92-62(74)54-30-40(2)14-20-46(54)8/h13-24,29-34,51-52,59-60H,25-28,35-38H2,1-12H3. The Morgan fingerprint density at radius 1 is 0.235 bits per heavy atom. The lowest BCUT2D eigenvalue weighted by atomic mass is 9.74. The normalized spacial score (nSPS) is 11.8. The molecular formula is C72H74O30. The van der Waals surface area contributed by atoms with Crippen molar-refractivity contribution in [1.82, 2.24) is 0 Å². The van der Waals surface area contributed by atoms with Crippen LogP contribution in [0.5, 0.6) is 0 Å². The fourth-order valence-corrected chi connectivity index (χ4v) is 9.91. The maximum absolute atomic E-state index is 13.8. The van der Waals surface area contributed by atoms with E-state index in [1.807, 2.05) is 0 Å². The quantitative estimate of drug-likeness (QED) is 0.0249. The minimum atomic E-state index is -1.75. The molecule has 0 aliphatic carbocycles. The van der Waals surface area contributed by atoms with Crippen molar-refractivity contribution < 1.29 is 145 Å². The molecule has 0 bridgehead atoms. The van der Waals surface area contributed by atoms with Crippen LogP contribution < -0.4 is 0 Å². The Labute approximate surface area is 583 Å². The molecule has 0 saturated heterocycles. The summed E-state index contributed by atoms with van der Waals surface area (Å²) in [7, 11) is 0. The van der Waals surface area contributed by atoms with E-state index in [1.165, 1.54) is 36.4 Å². The first-order chi connectivity index (χ1) is 48.5. The van der Waals surface area contributed by atoms with Gasteiger partial charge in [0.1, 0.15) is 0 Å². The highest BCUT2D eigenvalue weighted by Gasteiger charge is 2.40. The summed E-state index contributed by atoms with van der Waals surface area (Å²) in [5, 5.41) is 0. The Morgan fingerprint density at radius 2 is 0.412 bits per heavy atom. The van der Waals surface area contributed by atoms with Gasteiger partial charge in [0.15, 0.2) is 0 Å². The minimum absolute atomic E-state index is 0.0121. The van der Waals surface area contributed by atoms with Gasteiger partial charge in [0, 0.05) is 23.7 Å². The number of rotatable bonds is 23. The van der Waals surface area contributed by atoms with Crippen LogP contribution in [0.25, 0.3) is 0 Å². The molecule has 6 rings (SSSR count). The summed E-state index contributed by atoms with van der Waals surface area (Å²) >= 11 is 0. The summed E-state index contributed by atoms with van der Waals surface area (Å²) in [4.78, 5) is 218. The van der Waals surface area contributed by atoms with Crippen LogP contribution >= 0.6 is 0 Å². The molecule has 0 aromatic heterocycles. The zero-order valence-electron chi connectivity index (χ0n) is 57.6. The van der Waals surface area contributed by atoms with Gasteiger partial charge in [0.25, 0.3) is 0 Å². The Morgan fingerprint density at radius 3 is 0.608 bits per heavy atom. The van der Waals surface area contributed by atoms with Crippen molar-refractivity contribution in [3.63, 3.8) is 0 Å². The second kappa shape index (κ2) is 38.2. The lowest BCUT2D eigenvalue weighted by Crippen LogP contribution is -2.41. The molecule has 6 aromatic carbocycles. The third kappa shape index (κ3) is 24.6. The molecule has 0 fully saturated rings. The van der Waals surface area contributed by atoms with E-state index < -0.39 is 149 Å². The van der Waals surface area contributed by atoms with Crippen LogP contribution in [-0.2, 0) is 87.1 Å². The van der Waals surface area contributed by atoms with Gasteiger partial charge in [0.2, 0.25) is 0 Å². The predicted molar refractivity (Wildman–Crippen MR) is 346 cm³/mol. The van der Waals surface area contributed by atoms with Crippen LogP contribution in [0.1, 0.15) is 142 Å². The molecule has 0 aliphatic rings. The van der Waals surface area contributed by atoms with E-state index in [-0.39, 0.29) is 33.4 Å². The monoisotopic (exact) mass is 1420 g/mol. The molecule has 6 aromatic rings. The van der Waals surface area contributed by atoms with Gasteiger partial charge in [-0.15, -0.1) is 0 Å².